The Morgan fingerprint density at radius 1 is 1.35 bits per heavy atom. The molecule has 0 aromatic heterocycles. The Bertz CT molecular complexity index is 506. The number of hydrogen-bond donors (Lipinski definition) is 0. The minimum Gasteiger partial charge on any atom is -0.298 e. The van der Waals surface area contributed by atoms with Gasteiger partial charge in [-0.05, 0) is 31.9 Å². The molecule has 0 amide bonds. The van der Waals surface area contributed by atoms with Crippen molar-refractivity contribution in [3.8, 4) is 0 Å². The Kier molecular flexibility index (Phi) is 3.72. The van der Waals surface area contributed by atoms with Crippen LogP contribution in [0.4, 0.5) is 5.69 Å². The van der Waals surface area contributed by atoms with Gasteiger partial charge in [0.05, 0.1) is 4.92 Å². The lowest BCUT2D eigenvalue weighted by molar-refractivity contribution is -0.384. The molecule has 0 aliphatic carbocycles. The Labute approximate surface area is 119 Å². The summed E-state index contributed by atoms with van der Waals surface area (Å²) in [5.41, 5.74) is 1.23. The molecule has 2 aliphatic rings. The summed E-state index contributed by atoms with van der Waals surface area (Å²) in [6.07, 6.45) is 2.59. The van der Waals surface area contributed by atoms with E-state index in [1.54, 1.807) is 18.2 Å². The first kappa shape index (κ1) is 13.5. The summed E-state index contributed by atoms with van der Waals surface area (Å²) in [6.45, 7) is 6.52. The van der Waals surface area contributed by atoms with Crippen LogP contribution in [0.2, 0.25) is 0 Å². The molecule has 0 radical (unpaired) electrons. The molecule has 1 aromatic rings. The molecular formula is C15H21N3O2. The third kappa shape index (κ3) is 2.55. The zero-order chi connectivity index (χ0) is 14.1. The van der Waals surface area contributed by atoms with Crippen LogP contribution < -0.4 is 0 Å². The number of hydrogen-bond acceptors (Lipinski definition) is 4. The Morgan fingerprint density at radius 3 is 3.00 bits per heavy atom. The standard InChI is InChI=1S/C15H21N3O2/c1-12-15-6-3-7-16(15)8-9-17(12)11-13-4-2-5-14(10-13)18(19)20/h2,4-5,10,12,15H,3,6-9,11H2,1H3/t12-,15+/m0/s1. The summed E-state index contributed by atoms with van der Waals surface area (Å²) in [5, 5.41) is 10.8. The second kappa shape index (κ2) is 5.50. The zero-order valence-corrected chi connectivity index (χ0v) is 11.9. The van der Waals surface area contributed by atoms with E-state index in [9.17, 15) is 10.1 Å². The van der Waals surface area contributed by atoms with Gasteiger partial charge in [0.25, 0.3) is 5.69 Å². The molecule has 0 N–H and O–H groups in total. The fourth-order valence-electron chi connectivity index (χ4n) is 3.61. The van der Waals surface area contributed by atoms with Crippen molar-refractivity contribution in [3.05, 3.63) is 39.9 Å². The van der Waals surface area contributed by atoms with E-state index in [1.165, 1.54) is 19.4 Å². The van der Waals surface area contributed by atoms with Crippen molar-refractivity contribution < 1.29 is 4.92 Å². The normalized spacial score (nSPS) is 27.4. The lowest BCUT2D eigenvalue weighted by Gasteiger charge is -2.43. The van der Waals surface area contributed by atoms with Crippen molar-refractivity contribution in [3.63, 3.8) is 0 Å². The highest BCUT2D eigenvalue weighted by atomic mass is 16.6. The van der Waals surface area contributed by atoms with Crippen molar-refractivity contribution in [2.24, 2.45) is 0 Å². The number of fused-ring (bicyclic) bond motifs is 1. The minimum absolute atomic E-state index is 0.189. The predicted octanol–water partition coefficient (Wildman–Crippen LogP) is 2.26. The van der Waals surface area contributed by atoms with Gasteiger partial charge in [0.1, 0.15) is 0 Å². The van der Waals surface area contributed by atoms with E-state index in [1.807, 2.05) is 6.07 Å². The summed E-state index contributed by atoms with van der Waals surface area (Å²) < 4.78 is 0. The Morgan fingerprint density at radius 2 is 2.20 bits per heavy atom. The van der Waals surface area contributed by atoms with E-state index in [0.717, 1.165) is 25.2 Å². The van der Waals surface area contributed by atoms with Crippen molar-refractivity contribution in [1.29, 1.82) is 0 Å². The van der Waals surface area contributed by atoms with Crippen LogP contribution in [0.15, 0.2) is 24.3 Å². The van der Waals surface area contributed by atoms with Gasteiger partial charge in [0.2, 0.25) is 0 Å². The average Bonchev–Trinajstić information content (AvgIpc) is 2.91. The molecule has 0 unspecified atom stereocenters. The molecule has 108 valence electrons. The summed E-state index contributed by atoms with van der Waals surface area (Å²) in [5.74, 6) is 0. The highest BCUT2D eigenvalue weighted by Crippen LogP contribution is 2.28. The Balaban J connectivity index is 1.71. The van der Waals surface area contributed by atoms with Gasteiger partial charge in [-0.3, -0.25) is 19.9 Å². The van der Waals surface area contributed by atoms with Gasteiger partial charge in [-0.15, -0.1) is 0 Å². The van der Waals surface area contributed by atoms with Crippen molar-refractivity contribution in [1.82, 2.24) is 9.80 Å². The highest BCUT2D eigenvalue weighted by Gasteiger charge is 2.36. The zero-order valence-electron chi connectivity index (χ0n) is 11.9. The fraction of sp³-hybridized carbons (Fsp3) is 0.600. The van der Waals surface area contributed by atoms with Gasteiger partial charge in [-0.2, -0.15) is 0 Å². The molecule has 1 aromatic carbocycles. The van der Waals surface area contributed by atoms with Gasteiger partial charge in [-0.25, -0.2) is 0 Å². The number of non-ortho nitro benzene ring substituents is 1. The van der Waals surface area contributed by atoms with E-state index < -0.39 is 0 Å². The number of piperazine rings is 1. The van der Waals surface area contributed by atoms with Gasteiger partial charge < -0.3 is 0 Å². The molecule has 0 bridgehead atoms. The lowest BCUT2D eigenvalue weighted by Crippen LogP contribution is -2.55. The smallest absolute Gasteiger partial charge is 0.269 e. The fourth-order valence-corrected chi connectivity index (χ4v) is 3.61. The van der Waals surface area contributed by atoms with Gasteiger partial charge in [-0.1, -0.05) is 12.1 Å². The largest absolute Gasteiger partial charge is 0.298 e. The summed E-state index contributed by atoms with van der Waals surface area (Å²) in [6, 6.07) is 8.23. The minimum atomic E-state index is -0.318. The molecule has 2 fully saturated rings. The number of rotatable bonds is 3. The monoisotopic (exact) mass is 275 g/mol. The first-order valence-electron chi connectivity index (χ1n) is 7.36. The first-order chi connectivity index (χ1) is 9.65. The maximum absolute atomic E-state index is 10.8. The van der Waals surface area contributed by atoms with E-state index in [-0.39, 0.29) is 10.6 Å². The van der Waals surface area contributed by atoms with Crippen LogP contribution in [-0.2, 0) is 6.54 Å². The molecule has 2 heterocycles. The Hall–Kier alpha value is -1.46. The molecule has 3 rings (SSSR count). The van der Waals surface area contributed by atoms with Crippen LogP contribution in [0.5, 0.6) is 0 Å². The number of nitrogens with zero attached hydrogens (tertiary/aromatic N) is 3. The van der Waals surface area contributed by atoms with Gasteiger partial charge in [0.15, 0.2) is 0 Å². The summed E-state index contributed by atoms with van der Waals surface area (Å²) in [7, 11) is 0. The van der Waals surface area contributed by atoms with E-state index in [4.69, 9.17) is 0 Å². The molecule has 2 aliphatic heterocycles. The van der Waals surface area contributed by atoms with Gasteiger partial charge >= 0.3 is 0 Å². The van der Waals surface area contributed by atoms with Crippen molar-refractivity contribution in [2.45, 2.75) is 38.4 Å². The molecule has 2 atom stereocenters. The topological polar surface area (TPSA) is 49.6 Å². The van der Waals surface area contributed by atoms with Crippen LogP contribution >= 0.6 is 0 Å². The molecule has 0 spiro atoms. The predicted molar refractivity (Wildman–Crippen MR) is 77.6 cm³/mol. The van der Waals surface area contributed by atoms with E-state index in [2.05, 4.69) is 16.7 Å². The van der Waals surface area contributed by atoms with Gasteiger partial charge in [0, 0.05) is 43.9 Å². The lowest BCUT2D eigenvalue weighted by atomic mass is 10.0. The summed E-state index contributed by atoms with van der Waals surface area (Å²) in [4.78, 5) is 15.6. The third-order valence-corrected chi connectivity index (χ3v) is 4.73. The van der Waals surface area contributed by atoms with Crippen molar-refractivity contribution in [2.75, 3.05) is 19.6 Å². The number of nitro benzene ring substituents is 1. The molecule has 5 heteroatoms. The maximum Gasteiger partial charge on any atom is 0.269 e. The van der Waals surface area contributed by atoms with E-state index in [0.29, 0.717) is 12.1 Å². The molecule has 2 saturated heterocycles. The van der Waals surface area contributed by atoms with Crippen LogP contribution in [0.3, 0.4) is 0 Å². The first-order valence-corrected chi connectivity index (χ1v) is 7.36. The third-order valence-electron chi connectivity index (χ3n) is 4.73. The maximum atomic E-state index is 10.8. The van der Waals surface area contributed by atoms with Crippen LogP contribution in [0, 0.1) is 10.1 Å². The highest BCUT2D eigenvalue weighted by molar-refractivity contribution is 5.34. The second-order valence-electron chi connectivity index (χ2n) is 5.88. The molecule has 0 saturated carbocycles. The SMILES string of the molecule is C[C@H]1[C@H]2CCCN2CCN1Cc1cccc([N+](=O)[O-])c1. The van der Waals surface area contributed by atoms with Crippen LogP contribution in [0.1, 0.15) is 25.3 Å². The van der Waals surface area contributed by atoms with Crippen LogP contribution in [-0.4, -0.2) is 46.4 Å². The van der Waals surface area contributed by atoms with Crippen molar-refractivity contribution >= 4 is 5.69 Å². The molecule has 20 heavy (non-hydrogen) atoms. The molecular weight excluding hydrogens is 254 g/mol. The summed E-state index contributed by atoms with van der Waals surface area (Å²) >= 11 is 0. The second-order valence-corrected chi connectivity index (χ2v) is 5.88. The average molecular weight is 275 g/mol. The molecule has 5 nitrogen and oxygen atoms in total. The quantitative estimate of drug-likeness (QED) is 0.627. The number of benzene rings is 1. The van der Waals surface area contributed by atoms with Crippen LogP contribution in [0.25, 0.3) is 0 Å². The van der Waals surface area contributed by atoms with E-state index >= 15 is 0 Å². The number of nitro groups is 1.